The van der Waals surface area contributed by atoms with Gasteiger partial charge in [0.1, 0.15) is 28.9 Å². The molecule has 2 rings (SSSR count). The Morgan fingerprint density at radius 2 is 1.46 bits per heavy atom. The molecule has 0 amide bonds. The van der Waals surface area contributed by atoms with Gasteiger partial charge in [-0.25, -0.2) is 0 Å². The standard InChI is InChI=1S/C47H68O5S2/c1-9-11-15-25-41(37(7)48)30-45(51)34(4)29-43(54-53-32-35(5)46(52)31-42(38(8)49)28-33(3)20-12-10-2)26-27-44(50)36(6)47(39-21-16-13-17-22-39)40-23-18-14-19-24-40/h10,12-13,16-18,20-24,34-36,41-43,47H,9,11,14-15,19,25-32H2,1-8H3/b12-10-,33-20+/t34?,35?,36?,41-,42-,43?,47-/m1/s1. The van der Waals surface area contributed by atoms with Gasteiger partial charge < -0.3 is 0 Å². The predicted octanol–water partition coefficient (Wildman–Crippen LogP) is 12.3. The van der Waals surface area contributed by atoms with Gasteiger partial charge in [-0.3, -0.25) is 24.0 Å². The van der Waals surface area contributed by atoms with Gasteiger partial charge in [0, 0.05) is 65.8 Å². The van der Waals surface area contributed by atoms with Crippen LogP contribution in [0.1, 0.15) is 144 Å². The Hall–Kier alpha value is -2.77. The van der Waals surface area contributed by atoms with E-state index in [0.717, 1.165) is 49.7 Å². The van der Waals surface area contributed by atoms with E-state index in [2.05, 4.69) is 37.3 Å². The number of ketones is 5. The zero-order chi connectivity index (χ0) is 40.0. The summed E-state index contributed by atoms with van der Waals surface area (Å²) in [4.78, 5) is 65.7. The molecule has 1 aromatic rings. The van der Waals surface area contributed by atoms with Crippen LogP contribution in [0.25, 0.3) is 0 Å². The van der Waals surface area contributed by atoms with Gasteiger partial charge in [0.15, 0.2) is 0 Å². The molecule has 1 aliphatic rings. The van der Waals surface area contributed by atoms with Crippen molar-refractivity contribution in [1.82, 2.24) is 0 Å². The molecule has 7 heteroatoms. The van der Waals surface area contributed by atoms with Crippen LogP contribution in [0.2, 0.25) is 0 Å². The molecule has 0 radical (unpaired) electrons. The van der Waals surface area contributed by atoms with Gasteiger partial charge in [0.25, 0.3) is 0 Å². The van der Waals surface area contributed by atoms with Gasteiger partial charge in [-0.2, -0.15) is 0 Å². The first-order chi connectivity index (χ1) is 25.8. The lowest BCUT2D eigenvalue weighted by Gasteiger charge is -2.27. The van der Waals surface area contributed by atoms with Crippen molar-refractivity contribution >= 4 is 50.5 Å². The summed E-state index contributed by atoms with van der Waals surface area (Å²) in [7, 11) is 3.30. The summed E-state index contributed by atoms with van der Waals surface area (Å²) in [5.41, 5.74) is 3.42. The van der Waals surface area contributed by atoms with Crippen LogP contribution < -0.4 is 0 Å². The van der Waals surface area contributed by atoms with E-state index >= 15 is 0 Å². The fraction of sp³-hybridized carbons (Fsp3) is 0.596. The Kier molecular flexibility index (Phi) is 22.9. The molecule has 0 saturated carbocycles. The number of allylic oxidation sites excluding steroid dienone is 8. The zero-order valence-electron chi connectivity index (χ0n) is 34.4. The Bertz CT molecular complexity index is 1470. The maximum Gasteiger partial charge on any atom is 0.137 e. The van der Waals surface area contributed by atoms with Crippen LogP contribution >= 0.6 is 21.6 Å². The van der Waals surface area contributed by atoms with Gasteiger partial charge in [0.2, 0.25) is 0 Å². The highest BCUT2D eigenvalue weighted by molar-refractivity contribution is 8.76. The second-order valence-electron chi connectivity index (χ2n) is 15.6. The maximum atomic E-state index is 14.0. The first-order valence-electron chi connectivity index (χ1n) is 20.4. The molecule has 298 valence electrons. The Morgan fingerprint density at radius 3 is 2.07 bits per heavy atom. The van der Waals surface area contributed by atoms with Crippen LogP contribution in [0, 0.1) is 29.6 Å². The number of hydrogen-bond acceptors (Lipinski definition) is 7. The van der Waals surface area contributed by atoms with Crippen molar-refractivity contribution in [3.8, 4) is 0 Å². The molecule has 54 heavy (non-hydrogen) atoms. The van der Waals surface area contributed by atoms with Crippen LogP contribution in [0.4, 0.5) is 0 Å². The van der Waals surface area contributed by atoms with E-state index in [1.807, 2.05) is 71.0 Å². The van der Waals surface area contributed by atoms with Crippen molar-refractivity contribution < 1.29 is 24.0 Å². The molecule has 0 heterocycles. The minimum Gasteiger partial charge on any atom is -0.300 e. The van der Waals surface area contributed by atoms with Crippen molar-refractivity contribution in [2.24, 2.45) is 29.6 Å². The molecule has 7 atom stereocenters. The lowest BCUT2D eigenvalue weighted by molar-refractivity contribution is -0.129. The molecule has 4 unspecified atom stereocenters. The molecular formula is C47H68O5S2. The highest BCUT2D eigenvalue weighted by atomic mass is 33.1. The van der Waals surface area contributed by atoms with Crippen LogP contribution in [0.5, 0.6) is 0 Å². The summed E-state index contributed by atoms with van der Waals surface area (Å²) in [6, 6.07) is 10.3. The molecule has 0 aromatic heterocycles. The molecular weight excluding hydrogens is 709 g/mol. The number of rotatable bonds is 28. The summed E-state index contributed by atoms with van der Waals surface area (Å²) in [6.45, 7) is 15.2. The monoisotopic (exact) mass is 776 g/mol. The zero-order valence-corrected chi connectivity index (χ0v) is 36.1. The third-order valence-corrected chi connectivity index (χ3v) is 13.9. The van der Waals surface area contributed by atoms with Gasteiger partial charge in [-0.15, -0.1) is 0 Å². The number of carbonyl (C=O) groups is 5. The third kappa shape index (κ3) is 17.4. The lowest BCUT2D eigenvalue weighted by atomic mass is 9.77. The maximum absolute atomic E-state index is 14.0. The van der Waals surface area contributed by atoms with Gasteiger partial charge in [0.05, 0.1) is 0 Å². The molecule has 1 aromatic carbocycles. The number of Topliss-reactive ketones (excluding diaryl/α,β-unsaturated/α-hetero) is 5. The first kappa shape index (κ1) is 47.4. The summed E-state index contributed by atoms with van der Waals surface area (Å²) in [6.07, 6.45) is 21.1. The minimum absolute atomic E-state index is 0.0134. The van der Waals surface area contributed by atoms with E-state index in [4.69, 9.17) is 0 Å². The summed E-state index contributed by atoms with van der Waals surface area (Å²) < 4.78 is 0. The smallest absolute Gasteiger partial charge is 0.137 e. The van der Waals surface area contributed by atoms with Crippen LogP contribution in [-0.2, 0) is 24.0 Å². The lowest BCUT2D eigenvalue weighted by Crippen LogP contribution is -2.25. The number of unbranched alkanes of at least 4 members (excludes halogenated alkanes) is 2. The quantitative estimate of drug-likeness (QED) is 0.0476. The molecule has 0 aliphatic heterocycles. The fourth-order valence-electron chi connectivity index (χ4n) is 7.13. The van der Waals surface area contributed by atoms with Crippen molar-refractivity contribution in [3.63, 3.8) is 0 Å². The predicted molar refractivity (Wildman–Crippen MR) is 231 cm³/mol. The largest absolute Gasteiger partial charge is 0.300 e. The van der Waals surface area contributed by atoms with Gasteiger partial charge in [-0.05, 0) is 77.4 Å². The average Bonchev–Trinajstić information content (AvgIpc) is 3.15. The van der Waals surface area contributed by atoms with Gasteiger partial charge in [-0.1, -0.05) is 141 Å². The molecule has 0 fully saturated rings. The fourth-order valence-corrected chi connectivity index (χ4v) is 10.3. The summed E-state index contributed by atoms with van der Waals surface area (Å²) in [5, 5.41) is 0.0246. The number of benzene rings is 1. The Labute approximate surface area is 335 Å². The van der Waals surface area contributed by atoms with Crippen LogP contribution in [0.15, 0.2) is 77.9 Å². The average molecular weight is 777 g/mol. The molecule has 5 nitrogen and oxygen atoms in total. The van der Waals surface area contributed by atoms with Crippen molar-refractivity contribution in [3.05, 3.63) is 83.5 Å². The summed E-state index contributed by atoms with van der Waals surface area (Å²) in [5.74, 6) is -0.142. The topological polar surface area (TPSA) is 85.3 Å². The van der Waals surface area contributed by atoms with Crippen LogP contribution in [0.3, 0.4) is 0 Å². The van der Waals surface area contributed by atoms with Crippen molar-refractivity contribution in [1.29, 1.82) is 0 Å². The van der Waals surface area contributed by atoms with E-state index in [-0.39, 0.29) is 82.5 Å². The molecule has 0 spiro atoms. The molecule has 0 N–H and O–H groups in total. The second-order valence-corrected chi connectivity index (χ2v) is 18.3. The number of hydrogen-bond donors (Lipinski definition) is 0. The highest BCUT2D eigenvalue weighted by Gasteiger charge is 2.30. The second kappa shape index (κ2) is 26.2. The normalized spacial score (nSPS) is 17.3. The Morgan fingerprint density at radius 1 is 0.796 bits per heavy atom. The summed E-state index contributed by atoms with van der Waals surface area (Å²) >= 11 is 0. The third-order valence-electron chi connectivity index (χ3n) is 10.8. The number of carbonyl (C=O) groups excluding carboxylic acids is 5. The molecule has 0 saturated heterocycles. The van der Waals surface area contributed by atoms with E-state index in [1.54, 1.807) is 35.4 Å². The van der Waals surface area contributed by atoms with E-state index in [1.165, 1.54) is 5.57 Å². The van der Waals surface area contributed by atoms with E-state index in [9.17, 15) is 24.0 Å². The minimum atomic E-state index is -0.327. The van der Waals surface area contributed by atoms with Gasteiger partial charge >= 0.3 is 0 Å². The van der Waals surface area contributed by atoms with Crippen molar-refractivity contribution in [2.75, 3.05) is 5.75 Å². The van der Waals surface area contributed by atoms with Crippen LogP contribution in [-0.4, -0.2) is 39.9 Å². The molecule has 1 aliphatic carbocycles. The van der Waals surface area contributed by atoms with Crippen molar-refractivity contribution in [2.45, 2.75) is 144 Å². The van der Waals surface area contributed by atoms with E-state index < -0.39 is 0 Å². The highest BCUT2D eigenvalue weighted by Crippen LogP contribution is 2.39. The first-order valence-corrected chi connectivity index (χ1v) is 22.7. The molecule has 0 bridgehead atoms. The van der Waals surface area contributed by atoms with E-state index in [0.29, 0.717) is 31.4 Å². The SMILES string of the molecule is C/C=C\C=C(/C)C[C@H](CC(=O)C(C)CSSC(CCC(=O)C(C)[C@@H](C1=CCCC=C1)c1ccccc1)CC(C)C(=O)C[C@@H](CCCCC)C(C)=O)C(C)=O. The Balaban J connectivity index is 2.16.